The number of nitrogens with zero attached hydrogens (tertiary/aromatic N) is 2. The number of hydrogen-bond acceptors (Lipinski definition) is 5. The van der Waals surface area contributed by atoms with E-state index in [1.165, 1.54) is 0 Å². The highest BCUT2D eigenvalue weighted by atomic mass is 35.5. The third-order valence-electron chi connectivity index (χ3n) is 2.85. The van der Waals surface area contributed by atoms with Crippen LogP contribution in [0.2, 0.25) is 5.02 Å². The molecule has 0 atom stereocenters. The lowest BCUT2D eigenvalue weighted by molar-refractivity contribution is 0.102. The summed E-state index contributed by atoms with van der Waals surface area (Å²) in [5.74, 6) is -0.772. The Balaban J connectivity index is 1.88. The van der Waals surface area contributed by atoms with Crippen LogP contribution in [0.1, 0.15) is 9.67 Å². The summed E-state index contributed by atoms with van der Waals surface area (Å²) in [5, 5.41) is 13.5. The summed E-state index contributed by atoms with van der Waals surface area (Å²) in [4.78, 5) is 20.4. The van der Waals surface area contributed by atoms with Gasteiger partial charge < -0.3 is 10.4 Å². The van der Waals surface area contributed by atoms with Crippen molar-refractivity contribution in [2.45, 2.75) is 0 Å². The lowest BCUT2D eigenvalue weighted by atomic mass is 10.3. The lowest BCUT2D eigenvalue weighted by Crippen LogP contribution is -2.10. The average molecular weight is 332 g/mol. The molecular formula is C15H10ClN3O2S. The van der Waals surface area contributed by atoms with Gasteiger partial charge in [-0.05, 0) is 24.3 Å². The van der Waals surface area contributed by atoms with Crippen LogP contribution in [0.3, 0.4) is 0 Å². The number of anilines is 1. The normalized spacial score (nSPS) is 10.4. The summed E-state index contributed by atoms with van der Waals surface area (Å²) in [6, 6.07) is 10.4. The fraction of sp³-hybridized carbons (Fsp3) is 0. The third kappa shape index (κ3) is 2.93. The molecule has 0 saturated carbocycles. The number of carbonyl (C=O) groups is 1. The minimum absolute atomic E-state index is 0.124. The van der Waals surface area contributed by atoms with Gasteiger partial charge in [0.2, 0.25) is 5.88 Å². The van der Waals surface area contributed by atoms with Crippen LogP contribution < -0.4 is 5.32 Å². The maximum Gasteiger partial charge on any atom is 0.271 e. The second-order valence-corrected chi connectivity index (χ2v) is 5.75. The highest BCUT2D eigenvalue weighted by Gasteiger charge is 2.19. The van der Waals surface area contributed by atoms with Gasteiger partial charge in [0.05, 0.1) is 10.7 Å². The topological polar surface area (TPSA) is 75.1 Å². The molecule has 2 N–H and O–H groups in total. The van der Waals surface area contributed by atoms with E-state index in [-0.39, 0.29) is 10.8 Å². The van der Waals surface area contributed by atoms with Crippen LogP contribution in [0.25, 0.3) is 10.6 Å². The molecule has 0 bridgehead atoms. The first-order chi connectivity index (χ1) is 10.6. The van der Waals surface area contributed by atoms with E-state index in [2.05, 4.69) is 15.3 Å². The van der Waals surface area contributed by atoms with Crippen molar-refractivity contribution < 1.29 is 9.90 Å². The summed E-state index contributed by atoms with van der Waals surface area (Å²) in [7, 11) is 0. The summed E-state index contributed by atoms with van der Waals surface area (Å²) in [5.41, 5.74) is 1.21. The monoisotopic (exact) mass is 331 g/mol. The van der Waals surface area contributed by atoms with Crippen LogP contribution in [-0.4, -0.2) is 21.0 Å². The molecular weight excluding hydrogens is 322 g/mol. The first kappa shape index (κ1) is 14.5. The van der Waals surface area contributed by atoms with E-state index < -0.39 is 5.91 Å². The quantitative estimate of drug-likeness (QED) is 0.765. The molecule has 0 spiro atoms. The number of rotatable bonds is 3. The van der Waals surface area contributed by atoms with Gasteiger partial charge in [-0.3, -0.25) is 9.78 Å². The van der Waals surface area contributed by atoms with Gasteiger partial charge in [0.15, 0.2) is 4.88 Å². The van der Waals surface area contributed by atoms with E-state index in [1.54, 1.807) is 48.8 Å². The van der Waals surface area contributed by atoms with Crippen LogP contribution in [0.15, 0.2) is 48.8 Å². The number of hydrogen-bond donors (Lipinski definition) is 2. The zero-order chi connectivity index (χ0) is 15.5. The summed E-state index contributed by atoms with van der Waals surface area (Å²) in [6.45, 7) is 0. The maximum atomic E-state index is 12.3. The molecule has 0 aliphatic carbocycles. The zero-order valence-corrected chi connectivity index (χ0v) is 12.7. The summed E-state index contributed by atoms with van der Waals surface area (Å²) < 4.78 is 0. The Labute approximate surface area is 135 Å². The molecule has 2 aromatic heterocycles. The lowest BCUT2D eigenvalue weighted by Gasteiger charge is -2.05. The van der Waals surface area contributed by atoms with Gasteiger partial charge in [0.1, 0.15) is 5.01 Å². The molecule has 2 heterocycles. The number of halogens is 1. The molecule has 0 fully saturated rings. The highest BCUT2D eigenvalue weighted by molar-refractivity contribution is 7.17. The number of carbonyl (C=O) groups excluding carboxylic acids is 1. The van der Waals surface area contributed by atoms with E-state index in [1.807, 2.05) is 0 Å². The Hall–Kier alpha value is -2.44. The molecule has 0 radical (unpaired) electrons. The third-order valence-corrected chi connectivity index (χ3v) is 4.27. The molecule has 110 valence electrons. The van der Waals surface area contributed by atoms with Gasteiger partial charge in [0, 0.05) is 18.0 Å². The van der Waals surface area contributed by atoms with E-state index in [9.17, 15) is 9.90 Å². The van der Waals surface area contributed by atoms with Gasteiger partial charge in [-0.25, -0.2) is 4.98 Å². The van der Waals surface area contributed by atoms with E-state index in [4.69, 9.17) is 11.6 Å². The largest absolute Gasteiger partial charge is 0.492 e. The van der Waals surface area contributed by atoms with Crippen LogP contribution in [0.4, 0.5) is 5.69 Å². The van der Waals surface area contributed by atoms with E-state index in [0.717, 1.165) is 16.9 Å². The number of thiazole rings is 1. The number of aromatic hydroxyl groups is 1. The van der Waals surface area contributed by atoms with Crippen LogP contribution in [-0.2, 0) is 0 Å². The molecule has 7 heteroatoms. The predicted octanol–water partition coefficient (Wildman–Crippen LogP) is 3.82. The van der Waals surface area contributed by atoms with Crippen molar-refractivity contribution in [2.24, 2.45) is 0 Å². The minimum Gasteiger partial charge on any atom is -0.492 e. The summed E-state index contributed by atoms with van der Waals surface area (Å²) in [6.07, 6.45) is 3.26. The second kappa shape index (κ2) is 6.13. The zero-order valence-electron chi connectivity index (χ0n) is 11.2. The molecule has 0 aliphatic rings. The standard InChI is InChI=1S/C15H10ClN3O2S/c16-10-5-1-2-6-11(10)18-13(20)12-14(21)19-15(22-12)9-4-3-7-17-8-9/h1-8,21H,(H,18,20). The Bertz CT molecular complexity index is 821. The van der Waals surface area contributed by atoms with Crippen LogP contribution in [0.5, 0.6) is 5.88 Å². The first-order valence-electron chi connectivity index (χ1n) is 6.31. The minimum atomic E-state index is -0.460. The van der Waals surface area contributed by atoms with Crippen molar-refractivity contribution in [3.05, 3.63) is 58.7 Å². The average Bonchev–Trinajstić information content (AvgIpc) is 2.92. The predicted molar refractivity (Wildman–Crippen MR) is 86.4 cm³/mol. The Kier molecular flexibility index (Phi) is 4.04. The molecule has 0 aliphatic heterocycles. The molecule has 1 aromatic carbocycles. The van der Waals surface area contributed by atoms with Crippen LogP contribution >= 0.6 is 22.9 Å². The first-order valence-corrected chi connectivity index (χ1v) is 7.50. The fourth-order valence-electron chi connectivity index (χ4n) is 1.81. The molecule has 5 nitrogen and oxygen atoms in total. The van der Waals surface area contributed by atoms with Crippen molar-refractivity contribution in [1.82, 2.24) is 9.97 Å². The highest BCUT2D eigenvalue weighted by Crippen LogP contribution is 2.32. The smallest absolute Gasteiger partial charge is 0.271 e. The molecule has 1 amide bonds. The van der Waals surface area contributed by atoms with Gasteiger partial charge >= 0.3 is 0 Å². The van der Waals surface area contributed by atoms with Crippen molar-refractivity contribution in [3.8, 4) is 16.5 Å². The fourth-order valence-corrected chi connectivity index (χ4v) is 2.84. The number of pyridine rings is 1. The second-order valence-electron chi connectivity index (χ2n) is 4.35. The Morgan fingerprint density at radius 1 is 1.23 bits per heavy atom. The molecule has 3 rings (SSSR count). The van der Waals surface area contributed by atoms with Gasteiger partial charge in [-0.15, -0.1) is 11.3 Å². The van der Waals surface area contributed by atoms with Gasteiger partial charge in [-0.1, -0.05) is 23.7 Å². The van der Waals surface area contributed by atoms with Crippen molar-refractivity contribution in [1.29, 1.82) is 0 Å². The number of amides is 1. The van der Waals surface area contributed by atoms with E-state index >= 15 is 0 Å². The van der Waals surface area contributed by atoms with Crippen molar-refractivity contribution in [3.63, 3.8) is 0 Å². The molecule has 22 heavy (non-hydrogen) atoms. The van der Waals surface area contributed by atoms with E-state index in [0.29, 0.717) is 15.7 Å². The summed E-state index contributed by atoms with van der Waals surface area (Å²) >= 11 is 7.09. The van der Waals surface area contributed by atoms with Crippen LogP contribution in [0, 0.1) is 0 Å². The SMILES string of the molecule is O=C(Nc1ccccc1Cl)c1sc(-c2cccnc2)nc1O. The molecule has 3 aromatic rings. The number of nitrogens with one attached hydrogen (secondary N) is 1. The Morgan fingerprint density at radius 3 is 2.77 bits per heavy atom. The maximum absolute atomic E-state index is 12.3. The molecule has 0 unspecified atom stereocenters. The Morgan fingerprint density at radius 2 is 2.05 bits per heavy atom. The van der Waals surface area contributed by atoms with Gasteiger partial charge in [-0.2, -0.15) is 0 Å². The molecule has 0 saturated heterocycles. The van der Waals surface area contributed by atoms with Crippen molar-refractivity contribution in [2.75, 3.05) is 5.32 Å². The number of aromatic nitrogens is 2. The van der Waals surface area contributed by atoms with Gasteiger partial charge in [0.25, 0.3) is 5.91 Å². The number of para-hydroxylation sites is 1. The number of benzene rings is 1. The van der Waals surface area contributed by atoms with Crippen molar-refractivity contribution >= 4 is 34.5 Å².